The maximum atomic E-state index is 14.3. The first-order valence-corrected chi connectivity index (χ1v) is 7.06. The fourth-order valence-electron chi connectivity index (χ4n) is 2.50. The topological polar surface area (TPSA) is 9.23 Å². The Labute approximate surface area is 125 Å². The molecule has 1 nitrogen and oxygen atoms in total. The second kappa shape index (κ2) is 6.29. The van der Waals surface area contributed by atoms with Gasteiger partial charge in [0.2, 0.25) is 0 Å². The van der Waals surface area contributed by atoms with Crippen LogP contribution in [-0.4, -0.2) is 6.71 Å². The molecule has 0 bridgehead atoms. The lowest BCUT2D eigenvalue weighted by atomic mass is 9.49. The molecule has 4 heteroatoms. The SMILES string of the molecule is CB(C)c1c(F)ccc(OCc2cc(C)cc(C)c2)c1F. The number of halogens is 2. The lowest BCUT2D eigenvalue weighted by Gasteiger charge is -2.13. The first-order valence-electron chi connectivity index (χ1n) is 7.06. The van der Waals surface area contributed by atoms with Gasteiger partial charge in [-0.3, -0.25) is 0 Å². The molecule has 21 heavy (non-hydrogen) atoms. The average Bonchev–Trinajstić information content (AvgIpc) is 2.36. The number of ether oxygens (including phenoxy) is 1. The van der Waals surface area contributed by atoms with E-state index in [4.69, 9.17) is 4.74 Å². The fraction of sp³-hybridized carbons (Fsp3) is 0.294. The lowest BCUT2D eigenvalue weighted by molar-refractivity contribution is 0.290. The summed E-state index contributed by atoms with van der Waals surface area (Å²) in [6.07, 6.45) is 0. The normalized spacial score (nSPS) is 10.6. The first kappa shape index (κ1) is 15.6. The highest BCUT2D eigenvalue weighted by Crippen LogP contribution is 2.19. The molecule has 0 N–H and O–H groups in total. The lowest BCUT2D eigenvalue weighted by Crippen LogP contribution is -2.30. The van der Waals surface area contributed by atoms with Gasteiger partial charge in [-0.2, -0.15) is 0 Å². The van der Waals surface area contributed by atoms with Gasteiger partial charge in [-0.1, -0.05) is 43.0 Å². The highest BCUT2D eigenvalue weighted by atomic mass is 19.1. The Morgan fingerprint density at radius 3 is 2.19 bits per heavy atom. The Bertz CT molecular complexity index is 633. The second-order valence-electron chi connectivity index (χ2n) is 5.71. The van der Waals surface area contributed by atoms with E-state index in [2.05, 4.69) is 6.07 Å². The predicted molar refractivity (Wildman–Crippen MR) is 83.7 cm³/mol. The smallest absolute Gasteiger partial charge is 0.177 e. The Hall–Kier alpha value is -1.84. The molecule has 110 valence electrons. The quantitative estimate of drug-likeness (QED) is 0.769. The van der Waals surface area contributed by atoms with Crippen molar-refractivity contribution in [2.24, 2.45) is 0 Å². The van der Waals surface area contributed by atoms with Gasteiger partial charge in [0.05, 0.1) is 0 Å². The van der Waals surface area contributed by atoms with Crippen LogP contribution in [0.1, 0.15) is 16.7 Å². The Morgan fingerprint density at radius 1 is 1.00 bits per heavy atom. The highest BCUT2D eigenvalue weighted by molar-refractivity contribution is 6.70. The van der Waals surface area contributed by atoms with E-state index < -0.39 is 11.6 Å². The van der Waals surface area contributed by atoms with E-state index in [1.807, 2.05) is 26.0 Å². The average molecular weight is 288 g/mol. The van der Waals surface area contributed by atoms with Gasteiger partial charge >= 0.3 is 0 Å². The van der Waals surface area contributed by atoms with Crippen molar-refractivity contribution in [3.05, 3.63) is 58.7 Å². The van der Waals surface area contributed by atoms with Crippen molar-refractivity contribution in [3.63, 3.8) is 0 Å². The zero-order valence-corrected chi connectivity index (χ0v) is 12.8. The molecule has 0 aliphatic rings. The number of rotatable bonds is 4. The van der Waals surface area contributed by atoms with E-state index in [0.29, 0.717) is 0 Å². The molecule has 2 aromatic carbocycles. The van der Waals surface area contributed by atoms with E-state index in [1.165, 1.54) is 12.1 Å². The van der Waals surface area contributed by atoms with Crippen LogP contribution in [-0.2, 0) is 6.61 Å². The molecule has 0 aliphatic heterocycles. The summed E-state index contributed by atoms with van der Waals surface area (Å²) in [5, 5.41) is 0. The first-order chi connectivity index (χ1) is 9.88. The van der Waals surface area contributed by atoms with Crippen LogP contribution in [0.4, 0.5) is 8.78 Å². The van der Waals surface area contributed by atoms with Crippen LogP contribution in [0, 0.1) is 25.5 Å². The van der Waals surface area contributed by atoms with Crippen LogP contribution in [0.25, 0.3) is 0 Å². The van der Waals surface area contributed by atoms with E-state index >= 15 is 0 Å². The summed E-state index contributed by atoms with van der Waals surface area (Å²) in [5.74, 6) is -1.03. The summed E-state index contributed by atoms with van der Waals surface area (Å²) in [6.45, 7) is 7.57. The van der Waals surface area contributed by atoms with Crippen LogP contribution in [0.15, 0.2) is 30.3 Å². The summed E-state index contributed by atoms with van der Waals surface area (Å²) in [6, 6.07) is 8.67. The molecule has 0 fully saturated rings. The predicted octanol–water partition coefficient (Wildman–Crippen LogP) is 4.12. The van der Waals surface area contributed by atoms with Gasteiger partial charge < -0.3 is 4.74 Å². The van der Waals surface area contributed by atoms with Gasteiger partial charge in [0.15, 0.2) is 18.3 Å². The Morgan fingerprint density at radius 2 is 1.62 bits per heavy atom. The minimum absolute atomic E-state index is 0.0768. The molecule has 0 aromatic heterocycles. The van der Waals surface area contributed by atoms with E-state index in [-0.39, 0.29) is 24.5 Å². The van der Waals surface area contributed by atoms with Crippen molar-refractivity contribution < 1.29 is 13.5 Å². The van der Waals surface area contributed by atoms with Crippen LogP contribution in [0.3, 0.4) is 0 Å². The van der Waals surface area contributed by atoms with Crippen molar-refractivity contribution >= 4 is 12.2 Å². The molecule has 0 unspecified atom stereocenters. The standard InChI is InChI=1S/C17H19BF2O/c1-11-7-12(2)9-13(8-11)10-21-15-6-5-14(19)16(17(15)20)18(3)4/h5-9H,10H2,1-4H3. The number of aryl methyl sites for hydroxylation is 2. The highest BCUT2D eigenvalue weighted by Gasteiger charge is 2.19. The molecular formula is C17H19BF2O. The van der Waals surface area contributed by atoms with Crippen LogP contribution >= 0.6 is 0 Å². The van der Waals surface area contributed by atoms with Gasteiger partial charge in [0.1, 0.15) is 12.4 Å². The molecule has 0 amide bonds. The molecule has 0 heterocycles. The maximum absolute atomic E-state index is 14.3. The molecule has 0 saturated heterocycles. The Balaban J connectivity index is 2.22. The minimum Gasteiger partial charge on any atom is -0.486 e. The molecule has 0 spiro atoms. The Kier molecular flexibility index (Phi) is 4.66. The molecule has 0 radical (unpaired) electrons. The largest absolute Gasteiger partial charge is 0.486 e. The van der Waals surface area contributed by atoms with Crippen molar-refractivity contribution in [1.82, 2.24) is 0 Å². The molecule has 0 atom stereocenters. The van der Waals surface area contributed by atoms with Gasteiger partial charge in [-0.15, -0.1) is 0 Å². The van der Waals surface area contributed by atoms with Gasteiger partial charge in [0, 0.05) is 0 Å². The monoisotopic (exact) mass is 288 g/mol. The maximum Gasteiger partial charge on any atom is 0.177 e. The summed E-state index contributed by atoms with van der Waals surface area (Å²) >= 11 is 0. The van der Waals surface area contributed by atoms with Crippen molar-refractivity contribution in [1.29, 1.82) is 0 Å². The van der Waals surface area contributed by atoms with Crippen molar-refractivity contribution in [2.45, 2.75) is 34.1 Å². The fourth-order valence-corrected chi connectivity index (χ4v) is 2.50. The molecule has 0 aliphatic carbocycles. The molecule has 2 rings (SSSR count). The van der Waals surface area contributed by atoms with Crippen LogP contribution in [0.5, 0.6) is 5.75 Å². The molecular weight excluding hydrogens is 269 g/mol. The third kappa shape index (κ3) is 3.63. The number of hydrogen-bond donors (Lipinski definition) is 0. The zero-order chi connectivity index (χ0) is 15.6. The second-order valence-corrected chi connectivity index (χ2v) is 5.71. The molecule has 0 saturated carbocycles. The van der Waals surface area contributed by atoms with Crippen molar-refractivity contribution in [2.75, 3.05) is 0 Å². The molecule has 2 aromatic rings. The summed E-state index contributed by atoms with van der Waals surface area (Å²) in [7, 11) is 0. The van der Waals surface area contributed by atoms with Crippen molar-refractivity contribution in [3.8, 4) is 5.75 Å². The van der Waals surface area contributed by atoms with Crippen LogP contribution < -0.4 is 10.2 Å². The summed E-state index contributed by atoms with van der Waals surface area (Å²) < 4.78 is 33.5. The third-order valence-electron chi connectivity index (χ3n) is 3.34. The van der Waals surface area contributed by atoms with E-state index in [0.717, 1.165) is 16.7 Å². The minimum atomic E-state index is -0.602. The summed E-state index contributed by atoms with van der Waals surface area (Å²) in [4.78, 5) is 0. The summed E-state index contributed by atoms with van der Waals surface area (Å²) in [5.41, 5.74) is 3.32. The number of hydrogen-bond acceptors (Lipinski definition) is 1. The van der Waals surface area contributed by atoms with Gasteiger partial charge in [0.25, 0.3) is 0 Å². The number of benzene rings is 2. The van der Waals surface area contributed by atoms with Crippen LogP contribution in [0.2, 0.25) is 13.6 Å². The zero-order valence-electron chi connectivity index (χ0n) is 12.8. The third-order valence-corrected chi connectivity index (χ3v) is 3.34. The van der Waals surface area contributed by atoms with Gasteiger partial charge in [-0.05, 0) is 37.0 Å². The van der Waals surface area contributed by atoms with E-state index in [9.17, 15) is 8.78 Å². The van der Waals surface area contributed by atoms with Gasteiger partial charge in [-0.25, -0.2) is 8.78 Å². The van der Waals surface area contributed by atoms with E-state index in [1.54, 1.807) is 13.6 Å².